The van der Waals surface area contributed by atoms with Crippen LogP contribution in [-0.2, 0) is 19.5 Å². The number of β-amino-alcohol motifs (C(OH)–C–C–N with tert-alkyl or cyclic N) is 1. The number of ether oxygens (including phenoxy) is 2. The lowest BCUT2D eigenvalue weighted by Gasteiger charge is -2.29. The molecule has 264 valence electrons. The largest absolute Gasteiger partial charge is 0.480 e. The predicted molar refractivity (Wildman–Crippen MR) is 185 cm³/mol. The number of halogens is 4. The Morgan fingerprint density at radius 3 is 2.48 bits per heavy atom. The number of anilines is 1. The zero-order chi connectivity index (χ0) is 35.4. The maximum absolute atomic E-state index is 13.5. The first-order chi connectivity index (χ1) is 24.1. The summed E-state index contributed by atoms with van der Waals surface area (Å²) in [4.78, 5) is 31.4. The lowest BCUT2D eigenvalue weighted by Crippen LogP contribution is -2.35. The van der Waals surface area contributed by atoms with Gasteiger partial charge in [0.05, 0.1) is 53.1 Å². The normalized spacial score (nSPS) is 15.6. The third-order valence-electron chi connectivity index (χ3n) is 8.83. The number of nitrogens with one attached hydrogen (secondary N) is 1. The van der Waals surface area contributed by atoms with Crippen LogP contribution in [0, 0.1) is 0 Å². The maximum Gasteiger partial charge on any atom is 0.387 e. The molecule has 0 aliphatic carbocycles. The highest BCUT2D eigenvalue weighted by atomic mass is 35.5. The SMILES string of the molecule is COc1nc(-c2cccc(-c3cccc(NC(=O)c4cc(OC(F)F)c5c(n4)CN(CCO)CC5)c3Cl)c2Cl)cnc1CN1CCC(O)CC1. The summed E-state index contributed by atoms with van der Waals surface area (Å²) >= 11 is 13.8. The van der Waals surface area contributed by atoms with Gasteiger partial charge in [0.15, 0.2) is 0 Å². The molecule has 0 spiro atoms. The van der Waals surface area contributed by atoms with Gasteiger partial charge in [-0.15, -0.1) is 0 Å². The number of carbonyl (C=O) groups excluding carboxylic acids is 1. The fourth-order valence-electron chi connectivity index (χ4n) is 6.26. The van der Waals surface area contributed by atoms with E-state index in [0.717, 1.165) is 13.1 Å². The Labute approximate surface area is 297 Å². The molecule has 4 heterocycles. The minimum Gasteiger partial charge on any atom is -0.480 e. The third kappa shape index (κ3) is 7.98. The molecule has 0 bridgehead atoms. The lowest BCUT2D eigenvalue weighted by molar-refractivity contribution is -0.0508. The molecule has 2 aliphatic rings. The second-order valence-corrected chi connectivity index (χ2v) is 12.8. The van der Waals surface area contributed by atoms with Crippen molar-refractivity contribution >= 4 is 34.8 Å². The quantitative estimate of drug-likeness (QED) is 0.177. The van der Waals surface area contributed by atoms with Gasteiger partial charge in [0.1, 0.15) is 17.1 Å². The first kappa shape index (κ1) is 35.8. The summed E-state index contributed by atoms with van der Waals surface area (Å²) in [6.45, 7) is 0.0683. The van der Waals surface area contributed by atoms with Gasteiger partial charge >= 0.3 is 6.61 Å². The van der Waals surface area contributed by atoms with Crippen LogP contribution in [0.25, 0.3) is 22.4 Å². The number of aromatic nitrogens is 3. The van der Waals surface area contributed by atoms with Gasteiger partial charge in [0.25, 0.3) is 5.91 Å². The smallest absolute Gasteiger partial charge is 0.387 e. The Hall–Kier alpha value is -3.98. The van der Waals surface area contributed by atoms with E-state index in [2.05, 4.69) is 20.2 Å². The number of aliphatic hydroxyl groups is 2. The number of hydrogen-bond acceptors (Lipinski definition) is 10. The number of rotatable bonds is 11. The van der Waals surface area contributed by atoms with Crippen molar-refractivity contribution in [2.75, 3.05) is 45.2 Å². The fraction of sp³-hybridized carbons (Fsp3) is 0.371. The van der Waals surface area contributed by atoms with Crippen molar-refractivity contribution in [1.29, 1.82) is 0 Å². The number of fused-ring (bicyclic) bond motifs is 1. The molecule has 0 radical (unpaired) electrons. The molecule has 0 atom stereocenters. The average Bonchev–Trinajstić information content (AvgIpc) is 3.10. The molecular weight excluding hydrogens is 693 g/mol. The van der Waals surface area contributed by atoms with E-state index in [1.54, 1.807) is 36.5 Å². The highest BCUT2D eigenvalue weighted by molar-refractivity contribution is 6.39. The fourth-order valence-corrected chi connectivity index (χ4v) is 6.86. The number of pyridine rings is 1. The highest BCUT2D eigenvalue weighted by Gasteiger charge is 2.26. The van der Waals surface area contributed by atoms with Crippen molar-refractivity contribution in [1.82, 2.24) is 24.8 Å². The Morgan fingerprint density at radius 1 is 1.04 bits per heavy atom. The second-order valence-electron chi connectivity index (χ2n) is 12.1. The van der Waals surface area contributed by atoms with E-state index in [0.29, 0.717) is 89.1 Å². The number of hydrogen-bond donors (Lipinski definition) is 3. The van der Waals surface area contributed by atoms with Crippen molar-refractivity contribution in [3.63, 3.8) is 0 Å². The molecule has 1 saturated heterocycles. The van der Waals surface area contributed by atoms with E-state index in [4.69, 9.17) is 37.7 Å². The molecule has 0 unspecified atom stereocenters. The van der Waals surface area contributed by atoms with Crippen molar-refractivity contribution in [3.05, 3.63) is 81.4 Å². The summed E-state index contributed by atoms with van der Waals surface area (Å²) in [6.07, 6.45) is 3.15. The summed E-state index contributed by atoms with van der Waals surface area (Å²) in [5.41, 5.74) is 3.92. The second kappa shape index (κ2) is 15.9. The molecule has 50 heavy (non-hydrogen) atoms. The van der Waals surface area contributed by atoms with Crippen LogP contribution in [0.3, 0.4) is 0 Å². The number of likely N-dealkylation sites (tertiary alicyclic amines) is 1. The molecule has 2 aromatic carbocycles. The number of alkyl halides is 2. The molecule has 1 fully saturated rings. The molecule has 11 nitrogen and oxygen atoms in total. The molecule has 4 aromatic rings. The number of methoxy groups -OCH3 is 1. The summed E-state index contributed by atoms with van der Waals surface area (Å²) in [6, 6.07) is 11.7. The van der Waals surface area contributed by atoms with E-state index >= 15 is 0 Å². The lowest BCUT2D eigenvalue weighted by atomic mass is 10.0. The molecular formula is C35H36Cl2F2N6O5. The monoisotopic (exact) mass is 728 g/mol. The Bertz CT molecular complexity index is 1860. The maximum atomic E-state index is 13.5. The van der Waals surface area contributed by atoms with E-state index < -0.39 is 12.5 Å². The number of carbonyl (C=O) groups is 1. The summed E-state index contributed by atoms with van der Waals surface area (Å²) in [7, 11) is 1.53. The van der Waals surface area contributed by atoms with Crippen LogP contribution in [0.4, 0.5) is 14.5 Å². The first-order valence-electron chi connectivity index (χ1n) is 16.1. The highest BCUT2D eigenvalue weighted by Crippen LogP contribution is 2.41. The van der Waals surface area contributed by atoms with Crippen molar-refractivity contribution < 1.29 is 33.3 Å². The number of benzene rings is 2. The number of nitrogens with zero attached hydrogens (tertiary/aromatic N) is 5. The van der Waals surface area contributed by atoms with Gasteiger partial charge in [-0.25, -0.2) is 9.97 Å². The molecule has 3 N–H and O–H groups in total. The standard InChI is InChI=1S/C35H36Cl2F2N6O5/c1-49-34-29(19-44-11-8-20(47)9-12-44)40-17-27(43-34)24-6-2-4-21(31(24)36)22-5-3-7-25(32(22)37)42-33(48)26-16-30(50-35(38)39)23-10-13-45(14-15-46)18-28(23)41-26/h2-7,16-17,20,35,46-47H,8-15,18-19H2,1H3,(H,42,48). The van der Waals surface area contributed by atoms with Gasteiger partial charge in [-0.3, -0.25) is 19.6 Å². The van der Waals surface area contributed by atoms with Gasteiger partial charge in [-0.2, -0.15) is 8.78 Å². The Balaban J connectivity index is 1.26. The minimum atomic E-state index is -3.08. The molecule has 1 amide bonds. The van der Waals surface area contributed by atoms with Crippen LogP contribution in [0.1, 0.15) is 40.3 Å². The Morgan fingerprint density at radius 2 is 1.76 bits per heavy atom. The molecule has 6 rings (SSSR count). The topological polar surface area (TPSA) is 133 Å². The van der Waals surface area contributed by atoms with Gasteiger partial charge in [0, 0.05) is 67.6 Å². The third-order valence-corrected chi connectivity index (χ3v) is 9.65. The minimum absolute atomic E-state index is 0.0720. The summed E-state index contributed by atoms with van der Waals surface area (Å²) < 4.78 is 37.0. The molecule has 2 aromatic heterocycles. The van der Waals surface area contributed by atoms with Crippen LogP contribution in [0.5, 0.6) is 11.6 Å². The van der Waals surface area contributed by atoms with Crippen LogP contribution in [-0.4, -0.2) is 93.5 Å². The van der Waals surface area contributed by atoms with Crippen molar-refractivity contribution in [2.24, 2.45) is 0 Å². The van der Waals surface area contributed by atoms with E-state index in [9.17, 15) is 23.8 Å². The zero-order valence-electron chi connectivity index (χ0n) is 27.2. The van der Waals surface area contributed by atoms with Gasteiger partial charge < -0.3 is 25.0 Å². The van der Waals surface area contributed by atoms with Gasteiger partial charge in [0.2, 0.25) is 5.88 Å². The summed E-state index contributed by atoms with van der Waals surface area (Å²) in [5, 5.41) is 22.5. The molecule has 2 aliphatic heterocycles. The van der Waals surface area contributed by atoms with E-state index in [1.807, 2.05) is 11.0 Å². The summed E-state index contributed by atoms with van der Waals surface area (Å²) in [5.74, 6) is -0.411. The first-order valence-corrected chi connectivity index (χ1v) is 16.9. The van der Waals surface area contributed by atoms with Crippen LogP contribution in [0.15, 0.2) is 48.7 Å². The number of amides is 1. The van der Waals surface area contributed by atoms with Crippen molar-refractivity contribution in [3.8, 4) is 34.0 Å². The van der Waals surface area contributed by atoms with Crippen LogP contribution in [0.2, 0.25) is 10.0 Å². The number of aliphatic hydroxyl groups excluding tert-OH is 2. The molecule has 15 heteroatoms. The Kier molecular flexibility index (Phi) is 11.4. The van der Waals surface area contributed by atoms with Gasteiger partial charge in [-0.05, 0) is 25.3 Å². The van der Waals surface area contributed by atoms with E-state index in [-0.39, 0.29) is 41.4 Å². The number of piperidine rings is 1. The van der Waals surface area contributed by atoms with Gasteiger partial charge in [-0.1, -0.05) is 53.5 Å². The van der Waals surface area contributed by atoms with E-state index in [1.165, 1.54) is 13.2 Å². The van der Waals surface area contributed by atoms with Crippen LogP contribution < -0.4 is 14.8 Å². The average molecular weight is 730 g/mol. The van der Waals surface area contributed by atoms with Crippen molar-refractivity contribution in [2.45, 2.75) is 45.1 Å². The van der Waals surface area contributed by atoms with Crippen LogP contribution >= 0.6 is 23.2 Å². The molecule has 0 saturated carbocycles. The zero-order valence-corrected chi connectivity index (χ0v) is 28.7. The predicted octanol–water partition coefficient (Wildman–Crippen LogP) is 5.68.